The standard InChI is InChI=1S/C12H16ClFO/c1-3-10(8(2)15)6-9-4-5-12(14)11(13)7-9/h4-5,7-8,10,15H,3,6H2,1-2H3. The topological polar surface area (TPSA) is 20.2 Å². The van der Waals surface area contributed by atoms with Crippen LogP contribution in [0, 0.1) is 11.7 Å². The molecule has 3 heteroatoms. The molecular weight excluding hydrogens is 215 g/mol. The molecule has 0 bridgehead atoms. The predicted octanol–water partition coefficient (Wildman–Crippen LogP) is 3.43. The molecule has 0 radical (unpaired) electrons. The summed E-state index contributed by atoms with van der Waals surface area (Å²) in [6.07, 6.45) is 1.28. The highest BCUT2D eigenvalue weighted by Crippen LogP contribution is 2.21. The summed E-state index contributed by atoms with van der Waals surface area (Å²) in [5.41, 5.74) is 0.967. The first kappa shape index (κ1) is 12.5. The van der Waals surface area contributed by atoms with E-state index >= 15 is 0 Å². The minimum absolute atomic E-state index is 0.146. The van der Waals surface area contributed by atoms with Crippen LogP contribution in [0.5, 0.6) is 0 Å². The third-order valence-electron chi connectivity index (χ3n) is 2.69. The van der Waals surface area contributed by atoms with Gasteiger partial charge in [0.2, 0.25) is 0 Å². The van der Waals surface area contributed by atoms with Gasteiger partial charge in [0.15, 0.2) is 0 Å². The average Bonchev–Trinajstić information content (AvgIpc) is 2.19. The minimum Gasteiger partial charge on any atom is -0.393 e. The summed E-state index contributed by atoms with van der Waals surface area (Å²) in [4.78, 5) is 0. The van der Waals surface area contributed by atoms with Crippen molar-refractivity contribution >= 4 is 11.6 Å². The normalized spacial score (nSPS) is 15.0. The maximum absolute atomic E-state index is 12.9. The number of aliphatic hydroxyl groups excluding tert-OH is 1. The van der Waals surface area contributed by atoms with Gasteiger partial charge in [-0.1, -0.05) is 31.0 Å². The van der Waals surface area contributed by atoms with E-state index in [9.17, 15) is 9.50 Å². The molecule has 1 aromatic rings. The molecule has 0 amide bonds. The third kappa shape index (κ3) is 3.47. The van der Waals surface area contributed by atoms with Gasteiger partial charge < -0.3 is 5.11 Å². The third-order valence-corrected chi connectivity index (χ3v) is 2.98. The summed E-state index contributed by atoms with van der Waals surface area (Å²) >= 11 is 5.68. The van der Waals surface area contributed by atoms with Gasteiger partial charge in [0.05, 0.1) is 11.1 Å². The first-order valence-corrected chi connectivity index (χ1v) is 5.54. The summed E-state index contributed by atoms with van der Waals surface area (Å²) in [5, 5.41) is 9.64. The van der Waals surface area contributed by atoms with Crippen LogP contribution in [-0.2, 0) is 6.42 Å². The average molecular weight is 231 g/mol. The van der Waals surface area contributed by atoms with Crippen LogP contribution >= 0.6 is 11.6 Å². The molecule has 0 saturated carbocycles. The Morgan fingerprint density at radius 1 is 1.47 bits per heavy atom. The smallest absolute Gasteiger partial charge is 0.141 e. The Balaban J connectivity index is 2.75. The van der Waals surface area contributed by atoms with Crippen LogP contribution in [0.15, 0.2) is 18.2 Å². The molecule has 1 aromatic carbocycles. The van der Waals surface area contributed by atoms with Gasteiger partial charge >= 0.3 is 0 Å². The van der Waals surface area contributed by atoms with Gasteiger partial charge in [-0.2, -0.15) is 0 Å². The molecule has 2 atom stereocenters. The molecule has 84 valence electrons. The van der Waals surface area contributed by atoms with E-state index in [1.165, 1.54) is 6.07 Å². The van der Waals surface area contributed by atoms with E-state index in [0.29, 0.717) is 0 Å². The first-order valence-electron chi connectivity index (χ1n) is 5.16. The fraction of sp³-hybridized carbons (Fsp3) is 0.500. The second-order valence-corrected chi connectivity index (χ2v) is 4.27. The zero-order valence-electron chi connectivity index (χ0n) is 9.00. The summed E-state index contributed by atoms with van der Waals surface area (Å²) < 4.78 is 12.9. The molecule has 0 aliphatic heterocycles. The second-order valence-electron chi connectivity index (χ2n) is 3.86. The second kappa shape index (κ2) is 5.47. The monoisotopic (exact) mass is 230 g/mol. The van der Waals surface area contributed by atoms with Gasteiger partial charge in [-0.05, 0) is 37.0 Å². The van der Waals surface area contributed by atoms with Gasteiger partial charge in [-0.15, -0.1) is 0 Å². The Hall–Kier alpha value is -0.600. The van der Waals surface area contributed by atoms with Crippen molar-refractivity contribution in [3.05, 3.63) is 34.6 Å². The SMILES string of the molecule is CCC(Cc1ccc(F)c(Cl)c1)C(C)O. The molecule has 0 saturated heterocycles. The molecule has 1 nitrogen and oxygen atoms in total. The van der Waals surface area contributed by atoms with Crippen molar-refractivity contribution in [2.24, 2.45) is 5.92 Å². The lowest BCUT2D eigenvalue weighted by Gasteiger charge is -2.18. The van der Waals surface area contributed by atoms with E-state index in [4.69, 9.17) is 11.6 Å². The van der Waals surface area contributed by atoms with Crippen LogP contribution in [0.1, 0.15) is 25.8 Å². The Morgan fingerprint density at radius 2 is 2.13 bits per heavy atom. The summed E-state index contributed by atoms with van der Waals surface area (Å²) in [7, 11) is 0. The maximum Gasteiger partial charge on any atom is 0.141 e. The van der Waals surface area contributed by atoms with E-state index in [-0.39, 0.29) is 17.0 Å². The molecule has 15 heavy (non-hydrogen) atoms. The molecule has 0 aromatic heterocycles. The van der Waals surface area contributed by atoms with Crippen molar-refractivity contribution in [2.45, 2.75) is 32.8 Å². The Kier molecular flexibility index (Phi) is 4.55. The Bertz CT molecular complexity index is 325. The lowest BCUT2D eigenvalue weighted by Crippen LogP contribution is -2.18. The lowest BCUT2D eigenvalue weighted by atomic mass is 9.92. The summed E-state index contributed by atoms with van der Waals surface area (Å²) in [6, 6.07) is 4.71. The number of benzene rings is 1. The number of halogens is 2. The van der Waals surface area contributed by atoms with Crippen molar-refractivity contribution in [2.75, 3.05) is 0 Å². The van der Waals surface area contributed by atoms with Gasteiger partial charge in [-0.25, -0.2) is 4.39 Å². The molecule has 2 unspecified atom stereocenters. The zero-order valence-corrected chi connectivity index (χ0v) is 9.76. The van der Waals surface area contributed by atoms with Crippen LogP contribution in [0.2, 0.25) is 5.02 Å². The first-order chi connectivity index (χ1) is 7.04. The van der Waals surface area contributed by atoms with Gasteiger partial charge in [-0.3, -0.25) is 0 Å². The molecule has 0 spiro atoms. The van der Waals surface area contributed by atoms with Crippen molar-refractivity contribution in [1.82, 2.24) is 0 Å². The molecule has 0 aliphatic carbocycles. The van der Waals surface area contributed by atoms with Crippen molar-refractivity contribution in [3.63, 3.8) is 0 Å². The van der Waals surface area contributed by atoms with Gasteiger partial charge in [0, 0.05) is 0 Å². The Labute approximate surface area is 94.9 Å². The molecule has 0 heterocycles. The van der Waals surface area contributed by atoms with E-state index in [0.717, 1.165) is 18.4 Å². The van der Waals surface area contributed by atoms with Gasteiger partial charge in [0.25, 0.3) is 0 Å². The van der Waals surface area contributed by atoms with Crippen molar-refractivity contribution in [3.8, 4) is 0 Å². The fourth-order valence-electron chi connectivity index (χ4n) is 1.63. The van der Waals surface area contributed by atoms with Crippen LogP contribution in [0.3, 0.4) is 0 Å². The summed E-state index contributed by atoms with van der Waals surface area (Å²) in [5.74, 6) is -0.197. The highest BCUT2D eigenvalue weighted by atomic mass is 35.5. The van der Waals surface area contributed by atoms with Crippen LogP contribution in [0.25, 0.3) is 0 Å². The molecule has 1 N–H and O–H groups in total. The van der Waals surface area contributed by atoms with E-state index in [1.807, 2.05) is 6.92 Å². The maximum atomic E-state index is 12.9. The van der Waals surface area contributed by atoms with Crippen molar-refractivity contribution in [1.29, 1.82) is 0 Å². The number of aliphatic hydroxyl groups is 1. The predicted molar refractivity (Wildman–Crippen MR) is 60.6 cm³/mol. The molecule has 0 aliphatic rings. The largest absolute Gasteiger partial charge is 0.393 e. The highest BCUT2D eigenvalue weighted by Gasteiger charge is 2.13. The molecule has 1 rings (SSSR count). The molecule has 0 fully saturated rings. The van der Waals surface area contributed by atoms with Crippen molar-refractivity contribution < 1.29 is 9.50 Å². The van der Waals surface area contributed by atoms with E-state index in [2.05, 4.69) is 0 Å². The highest BCUT2D eigenvalue weighted by molar-refractivity contribution is 6.30. The summed E-state index contributed by atoms with van der Waals surface area (Å²) in [6.45, 7) is 3.81. The number of rotatable bonds is 4. The van der Waals surface area contributed by atoms with Crippen LogP contribution in [-0.4, -0.2) is 11.2 Å². The van der Waals surface area contributed by atoms with E-state index in [1.54, 1.807) is 19.1 Å². The quantitative estimate of drug-likeness (QED) is 0.840. The number of hydrogen-bond donors (Lipinski definition) is 1. The number of hydrogen-bond acceptors (Lipinski definition) is 1. The van der Waals surface area contributed by atoms with Crippen LogP contribution < -0.4 is 0 Å². The lowest BCUT2D eigenvalue weighted by molar-refractivity contribution is 0.123. The minimum atomic E-state index is -0.398. The van der Waals surface area contributed by atoms with Crippen LogP contribution in [0.4, 0.5) is 4.39 Å². The Morgan fingerprint density at radius 3 is 2.60 bits per heavy atom. The van der Waals surface area contributed by atoms with Gasteiger partial charge in [0.1, 0.15) is 5.82 Å². The zero-order chi connectivity index (χ0) is 11.4. The fourth-order valence-corrected chi connectivity index (χ4v) is 1.83. The molecular formula is C12H16ClFO. The van der Waals surface area contributed by atoms with E-state index < -0.39 is 5.82 Å².